The fraction of sp³-hybridized carbons (Fsp3) is 0.938. The fourth-order valence-corrected chi connectivity index (χ4v) is 3.87. The number of carbonyl (C=O) groups excluding carboxylic acids is 1. The quantitative estimate of drug-likeness (QED) is 0.763. The summed E-state index contributed by atoms with van der Waals surface area (Å²) in [5.74, 6) is 0.241. The Morgan fingerprint density at radius 2 is 2.05 bits per heavy atom. The standard InChI is InChI=1S/C16H29N3O2/c1-11-8-19(9-15(2,3)21-11)10-16(14(17)20,12-4-5-12)18-13-6-7-13/h11-13,18H,4-10H2,1-3H3,(H2,17,20). The van der Waals surface area contributed by atoms with Crippen molar-refractivity contribution in [3.63, 3.8) is 0 Å². The van der Waals surface area contributed by atoms with E-state index >= 15 is 0 Å². The topological polar surface area (TPSA) is 67.6 Å². The van der Waals surface area contributed by atoms with Crippen LogP contribution in [0.2, 0.25) is 0 Å². The molecule has 0 spiro atoms. The van der Waals surface area contributed by atoms with Gasteiger partial charge in [-0.1, -0.05) is 0 Å². The van der Waals surface area contributed by atoms with Crippen LogP contribution in [0.4, 0.5) is 0 Å². The van der Waals surface area contributed by atoms with Gasteiger partial charge < -0.3 is 10.5 Å². The van der Waals surface area contributed by atoms with Gasteiger partial charge in [0, 0.05) is 25.7 Å². The van der Waals surface area contributed by atoms with E-state index in [2.05, 4.69) is 31.0 Å². The molecule has 21 heavy (non-hydrogen) atoms. The largest absolute Gasteiger partial charge is 0.370 e. The third-order valence-electron chi connectivity index (χ3n) is 4.87. The Balaban J connectivity index is 1.75. The van der Waals surface area contributed by atoms with Crippen LogP contribution in [-0.4, -0.2) is 53.7 Å². The predicted molar refractivity (Wildman–Crippen MR) is 81.9 cm³/mol. The molecule has 1 amide bonds. The highest BCUT2D eigenvalue weighted by molar-refractivity contribution is 5.86. The average Bonchev–Trinajstić information content (AvgIpc) is 3.20. The van der Waals surface area contributed by atoms with Crippen molar-refractivity contribution in [2.45, 2.75) is 69.7 Å². The van der Waals surface area contributed by atoms with Crippen molar-refractivity contribution >= 4 is 5.91 Å². The molecule has 1 saturated heterocycles. The normalized spacial score (nSPS) is 32.6. The lowest BCUT2D eigenvalue weighted by Gasteiger charge is -2.45. The van der Waals surface area contributed by atoms with Gasteiger partial charge in [-0.3, -0.25) is 15.0 Å². The van der Waals surface area contributed by atoms with Crippen LogP contribution in [0.25, 0.3) is 0 Å². The third-order valence-corrected chi connectivity index (χ3v) is 4.87. The van der Waals surface area contributed by atoms with Gasteiger partial charge in [-0.05, 0) is 52.4 Å². The van der Waals surface area contributed by atoms with Crippen molar-refractivity contribution in [1.29, 1.82) is 0 Å². The third kappa shape index (κ3) is 3.41. The molecule has 2 saturated carbocycles. The Morgan fingerprint density at radius 1 is 1.38 bits per heavy atom. The fourth-order valence-electron chi connectivity index (χ4n) is 3.87. The van der Waals surface area contributed by atoms with Crippen molar-refractivity contribution < 1.29 is 9.53 Å². The van der Waals surface area contributed by atoms with Crippen LogP contribution in [0, 0.1) is 5.92 Å². The highest BCUT2D eigenvalue weighted by Gasteiger charge is 2.53. The second-order valence-electron chi connectivity index (χ2n) is 7.89. The summed E-state index contributed by atoms with van der Waals surface area (Å²) < 4.78 is 5.97. The predicted octanol–water partition coefficient (Wildman–Crippen LogP) is 0.872. The molecule has 0 aromatic carbocycles. The Morgan fingerprint density at radius 3 is 2.52 bits per heavy atom. The molecule has 0 aromatic heterocycles. The Labute approximate surface area is 127 Å². The zero-order valence-electron chi connectivity index (χ0n) is 13.5. The Kier molecular flexibility index (Phi) is 3.79. The molecule has 3 aliphatic rings. The van der Waals surface area contributed by atoms with Crippen molar-refractivity contribution in [3.8, 4) is 0 Å². The first-order valence-corrected chi connectivity index (χ1v) is 8.28. The van der Waals surface area contributed by atoms with Crippen LogP contribution >= 0.6 is 0 Å². The number of rotatable bonds is 6. The molecule has 2 aliphatic carbocycles. The molecule has 0 radical (unpaired) electrons. The van der Waals surface area contributed by atoms with Crippen LogP contribution < -0.4 is 11.1 Å². The first kappa shape index (κ1) is 15.3. The summed E-state index contributed by atoms with van der Waals surface area (Å²) in [7, 11) is 0. The minimum absolute atomic E-state index is 0.163. The molecule has 0 bridgehead atoms. The monoisotopic (exact) mass is 295 g/mol. The van der Waals surface area contributed by atoms with E-state index < -0.39 is 5.54 Å². The van der Waals surface area contributed by atoms with E-state index in [1.807, 2.05) is 0 Å². The molecule has 5 nitrogen and oxygen atoms in total. The number of amides is 1. The number of nitrogens with zero attached hydrogens (tertiary/aromatic N) is 1. The van der Waals surface area contributed by atoms with Gasteiger partial charge in [-0.15, -0.1) is 0 Å². The summed E-state index contributed by atoms with van der Waals surface area (Å²) >= 11 is 0. The van der Waals surface area contributed by atoms with Gasteiger partial charge in [-0.25, -0.2) is 0 Å². The average molecular weight is 295 g/mol. The van der Waals surface area contributed by atoms with Crippen LogP contribution in [-0.2, 0) is 9.53 Å². The summed E-state index contributed by atoms with van der Waals surface area (Å²) in [6.45, 7) is 8.79. The van der Waals surface area contributed by atoms with Gasteiger partial charge >= 0.3 is 0 Å². The lowest BCUT2D eigenvalue weighted by molar-refractivity contribution is -0.141. The minimum Gasteiger partial charge on any atom is -0.370 e. The summed E-state index contributed by atoms with van der Waals surface area (Å²) in [6, 6.07) is 0.490. The van der Waals surface area contributed by atoms with E-state index in [-0.39, 0.29) is 17.6 Å². The first-order chi connectivity index (χ1) is 9.81. The van der Waals surface area contributed by atoms with E-state index in [0.717, 1.165) is 32.5 Å². The van der Waals surface area contributed by atoms with Gasteiger partial charge in [0.1, 0.15) is 5.54 Å². The number of hydrogen-bond acceptors (Lipinski definition) is 4. The van der Waals surface area contributed by atoms with Gasteiger partial charge in [-0.2, -0.15) is 0 Å². The summed E-state index contributed by atoms with van der Waals surface area (Å²) in [6.07, 6.45) is 4.77. The van der Waals surface area contributed by atoms with Crippen LogP contribution in [0.3, 0.4) is 0 Å². The Bertz CT molecular complexity index is 418. The minimum atomic E-state index is -0.533. The molecule has 0 aromatic rings. The van der Waals surface area contributed by atoms with Crippen molar-refractivity contribution in [2.24, 2.45) is 11.7 Å². The number of ether oxygens (including phenoxy) is 1. The summed E-state index contributed by atoms with van der Waals surface area (Å²) in [4.78, 5) is 14.7. The smallest absolute Gasteiger partial charge is 0.239 e. The van der Waals surface area contributed by atoms with E-state index in [4.69, 9.17) is 10.5 Å². The number of carbonyl (C=O) groups is 1. The van der Waals surface area contributed by atoms with E-state index in [9.17, 15) is 4.79 Å². The van der Waals surface area contributed by atoms with Gasteiger partial charge in [0.25, 0.3) is 0 Å². The molecule has 5 heteroatoms. The van der Waals surface area contributed by atoms with E-state index in [1.54, 1.807) is 0 Å². The summed E-state index contributed by atoms with van der Waals surface area (Å²) in [5, 5.41) is 3.60. The number of primary amides is 1. The van der Waals surface area contributed by atoms with Crippen molar-refractivity contribution in [3.05, 3.63) is 0 Å². The number of nitrogens with one attached hydrogen (secondary N) is 1. The number of morpholine rings is 1. The van der Waals surface area contributed by atoms with Crippen molar-refractivity contribution in [1.82, 2.24) is 10.2 Å². The molecule has 2 unspecified atom stereocenters. The number of nitrogens with two attached hydrogens (primary N) is 1. The van der Waals surface area contributed by atoms with E-state index in [1.165, 1.54) is 12.8 Å². The van der Waals surface area contributed by atoms with Crippen molar-refractivity contribution in [2.75, 3.05) is 19.6 Å². The molecule has 3 fully saturated rings. The maximum atomic E-state index is 12.3. The van der Waals surface area contributed by atoms with Gasteiger partial charge in [0.15, 0.2) is 0 Å². The molecule has 3 rings (SSSR count). The number of hydrogen-bond donors (Lipinski definition) is 2. The first-order valence-electron chi connectivity index (χ1n) is 8.28. The van der Waals surface area contributed by atoms with Gasteiger partial charge in [0.2, 0.25) is 5.91 Å². The SMILES string of the molecule is CC1CN(CC(NC2CC2)(C(N)=O)C2CC2)CC(C)(C)O1. The van der Waals surface area contributed by atoms with Gasteiger partial charge in [0.05, 0.1) is 11.7 Å². The molecule has 3 N–H and O–H groups in total. The lowest BCUT2D eigenvalue weighted by Crippen LogP contribution is -2.66. The second kappa shape index (κ2) is 5.21. The highest BCUT2D eigenvalue weighted by Crippen LogP contribution is 2.42. The molecular formula is C16H29N3O2. The molecule has 2 atom stereocenters. The molecular weight excluding hydrogens is 266 g/mol. The van der Waals surface area contributed by atoms with Crippen LogP contribution in [0.15, 0.2) is 0 Å². The lowest BCUT2D eigenvalue weighted by atomic mass is 9.90. The molecule has 120 valence electrons. The van der Waals surface area contributed by atoms with E-state index in [0.29, 0.717) is 12.0 Å². The maximum absolute atomic E-state index is 12.3. The summed E-state index contributed by atoms with van der Waals surface area (Å²) in [5.41, 5.74) is 5.15. The zero-order chi connectivity index (χ0) is 15.3. The van der Waals surface area contributed by atoms with Crippen LogP contribution in [0.5, 0.6) is 0 Å². The highest BCUT2D eigenvalue weighted by atomic mass is 16.5. The van der Waals surface area contributed by atoms with Crippen LogP contribution in [0.1, 0.15) is 46.5 Å². The Hall–Kier alpha value is -0.650. The molecule has 1 aliphatic heterocycles. The second-order valence-corrected chi connectivity index (χ2v) is 7.89. The maximum Gasteiger partial charge on any atom is 0.239 e. The molecule has 1 heterocycles. The zero-order valence-corrected chi connectivity index (χ0v) is 13.5.